The normalized spacial score (nSPS) is 10.6. The number of hydrogen-bond donors (Lipinski definition) is 1. The molecule has 0 aromatic carbocycles. The highest BCUT2D eigenvalue weighted by Crippen LogP contribution is 2.16. The first-order valence-electron chi connectivity index (χ1n) is 7.36. The molecule has 0 aliphatic heterocycles. The van der Waals surface area contributed by atoms with Gasteiger partial charge in [-0.15, -0.1) is 11.3 Å². The van der Waals surface area contributed by atoms with E-state index in [0.717, 1.165) is 43.1 Å². The molecule has 114 valence electrons. The van der Waals surface area contributed by atoms with Gasteiger partial charge in [-0.2, -0.15) is 4.98 Å². The SMILES string of the molecule is CCCc1nc(NCC)cc(OCCc2scnc2C)n1. The highest BCUT2D eigenvalue weighted by Gasteiger charge is 2.06. The van der Waals surface area contributed by atoms with E-state index in [4.69, 9.17) is 4.74 Å². The molecule has 0 unspecified atom stereocenters. The van der Waals surface area contributed by atoms with Crippen LogP contribution in [0.1, 0.15) is 36.7 Å². The minimum Gasteiger partial charge on any atom is -0.477 e. The number of anilines is 1. The Labute approximate surface area is 129 Å². The first-order valence-corrected chi connectivity index (χ1v) is 8.24. The second kappa shape index (κ2) is 7.93. The molecule has 2 aromatic rings. The van der Waals surface area contributed by atoms with Crippen LogP contribution in [0.15, 0.2) is 11.6 Å². The molecule has 1 N–H and O–H groups in total. The van der Waals surface area contributed by atoms with E-state index in [0.29, 0.717) is 12.5 Å². The molecule has 0 radical (unpaired) electrons. The number of aryl methyl sites for hydroxylation is 2. The van der Waals surface area contributed by atoms with Gasteiger partial charge in [0, 0.05) is 30.3 Å². The summed E-state index contributed by atoms with van der Waals surface area (Å²) in [4.78, 5) is 14.5. The molecule has 0 saturated heterocycles. The van der Waals surface area contributed by atoms with Gasteiger partial charge in [-0.3, -0.25) is 0 Å². The van der Waals surface area contributed by atoms with Crippen LogP contribution in [-0.2, 0) is 12.8 Å². The number of rotatable bonds is 8. The molecule has 2 aromatic heterocycles. The van der Waals surface area contributed by atoms with E-state index in [1.165, 1.54) is 4.88 Å². The number of nitrogens with zero attached hydrogens (tertiary/aromatic N) is 3. The Morgan fingerprint density at radius 3 is 2.76 bits per heavy atom. The highest BCUT2D eigenvalue weighted by atomic mass is 32.1. The van der Waals surface area contributed by atoms with Crippen molar-refractivity contribution in [2.75, 3.05) is 18.5 Å². The van der Waals surface area contributed by atoms with Crippen molar-refractivity contribution < 1.29 is 4.74 Å². The summed E-state index contributed by atoms with van der Waals surface area (Å²) < 4.78 is 5.80. The Morgan fingerprint density at radius 1 is 1.24 bits per heavy atom. The average Bonchev–Trinajstić information content (AvgIpc) is 2.85. The second-order valence-electron chi connectivity index (χ2n) is 4.75. The standard InChI is InChI=1S/C15H22N4OS/c1-4-6-13-18-14(16-5-2)9-15(19-13)20-8-7-12-11(3)17-10-21-12/h9-10H,4-8H2,1-3H3,(H,16,18,19). The lowest BCUT2D eigenvalue weighted by molar-refractivity contribution is 0.308. The van der Waals surface area contributed by atoms with Gasteiger partial charge < -0.3 is 10.1 Å². The molecular weight excluding hydrogens is 284 g/mol. The van der Waals surface area contributed by atoms with Gasteiger partial charge in [-0.25, -0.2) is 9.97 Å². The molecule has 0 atom stereocenters. The first kappa shape index (κ1) is 15.7. The van der Waals surface area contributed by atoms with E-state index in [9.17, 15) is 0 Å². The van der Waals surface area contributed by atoms with Gasteiger partial charge in [0.25, 0.3) is 0 Å². The number of nitrogens with one attached hydrogen (secondary N) is 1. The van der Waals surface area contributed by atoms with Crippen LogP contribution in [0.25, 0.3) is 0 Å². The third-order valence-corrected chi connectivity index (χ3v) is 4.00. The Morgan fingerprint density at radius 2 is 2.10 bits per heavy atom. The van der Waals surface area contributed by atoms with Gasteiger partial charge in [0.1, 0.15) is 11.6 Å². The van der Waals surface area contributed by atoms with Crippen LogP contribution in [-0.4, -0.2) is 28.1 Å². The van der Waals surface area contributed by atoms with E-state index in [-0.39, 0.29) is 0 Å². The number of hydrogen-bond acceptors (Lipinski definition) is 6. The lowest BCUT2D eigenvalue weighted by atomic mass is 10.3. The van der Waals surface area contributed by atoms with E-state index >= 15 is 0 Å². The predicted molar refractivity (Wildman–Crippen MR) is 86.2 cm³/mol. The molecule has 2 rings (SSSR count). The van der Waals surface area contributed by atoms with Crippen LogP contribution in [0.4, 0.5) is 5.82 Å². The van der Waals surface area contributed by atoms with Gasteiger partial charge in [0.2, 0.25) is 5.88 Å². The molecule has 0 fully saturated rings. The summed E-state index contributed by atoms with van der Waals surface area (Å²) in [6.45, 7) is 7.64. The fraction of sp³-hybridized carbons (Fsp3) is 0.533. The van der Waals surface area contributed by atoms with E-state index < -0.39 is 0 Å². The molecule has 21 heavy (non-hydrogen) atoms. The summed E-state index contributed by atoms with van der Waals surface area (Å²) in [7, 11) is 0. The van der Waals surface area contributed by atoms with Crippen molar-refractivity contribution in [3.63, 3.8) is 0 Å². The third kappa shape index (κ3) is 4.67. The van der Waals surface area contributed by atoms with Crippen LogP contribution in [0.3, 0.4) is 0 Å². The van der Waals surface area contributed by atoms with E-state index in [1.54, 1.807) is 11.3 Å². The fourth-order valence-electron chi connectivity index (χ4n) is 1.97. The largest absolute Gasteiger partial charge is 0.477 e. The maximum absolute atomic E-state index is 5.80. The van der Waals surface area contributed by atoms with Crippen molar-refractivity contribution in [3.05, 3.63) is 28.0 Å². The van der Waals surface area contributed by atoms with Crippen LogP contribution in [0.5, 0.6) is 5.88 Å². The van der Waals surface area contributed by atoms with Gasteiger partial charge >= 0.3 is 0 Å². The van der Waals surface area contributed by atoms with Crippen molar-refractivity contribution in [2.45, 2.75) is 40.0 Å². The lowest BCUT2D eigenvalue weighted by Gasteiger charge is -2.09. The zero-order valence-corrected chi connectivity index (χ0v) is 13.7. The summed E-state index contributed by atoms with van der Waals surface area (Å²) >= 11 is 1.67. The molecule has 0 spiro atoms. The van der Waals surface area contributed by atoms with Crippen molar-refractivity contribution in [1.82, 2.24) is 15.0 Å². The summed E-state index contributed by atoms with van der Waals surface area (Å²) in [5.41, 5.74) is 2.96. The quantitative estimate of drug-likeness (QED) is 0.811. The Hall–Kier alpha value is -1.69. The first-order chi connectivity index (χ1) is 10.2. The predicted octanol–water partition coefficient (Wildman–Crippen LogP) is 3.25. The average molecular weight is 306 g/mol. The summed E-state index contributed by atoms with van der Waals surface area (Å²) in [6, 6.07) is 1.86. The van der Waals surface area contributed by atoms with Gasteiger partial charge in [0.05, 0.1) is 17.8 Å². The number of thiazole rings is 1. The maximum atomic E-state index is 5.80. The van der Waals surface area contributed by atoms with Gasteiger partial charge in [0.15, 0.2) is 0 Å². The number of ether oxygens (including phenoxy) is 1. The van der Waals surface area contributed by atoms with Crippen LogP contribution in [0, 0.1) is 6.92 Å². The van der Waals surface area contributed by atoms with Crippen molar-refractivity contribution in [1.29, 1.82) is 0 Å². The Balaban J connectivity index is 1.99. The van der Waals surface area contributed by atoms with Crippen LogP contribution < -0.4 is 10.1 Å². The molecule has 0 amide bonds. The minimum atomic E-state index is 0.608. The van der Waals surface area contributed by atoms with Crippen molar-refractivity contribution >= 4 is 17.2 Å². The maximum Gasteiger partial charge on any atom is 0.218 e. The van der Waals surface area contributed by atoms with Gasteiger partial charge in [-0.1, -0.05) is 6.92 Å². The molecule has 0 saturated carbocycles. The summed E-state index contributed by atoms with van der Waals surface area (Å²) in [5.74, 6) is 2.31. The summed E-state index contributed by atoms with van der Waals surface area (Å²) in [5, 5.41) is 3.22. The van der Waals surface area contributed by atoms with E-state index in [2.05, 4.69) is 34.1 Å². The molecule has 5 nitrogen and oxygen atoms in total. The van der Waals surface area contributed by atoms with Crippen molar-refractivity contribution in [3.8, 4) is 5.88 Å². The van der Waals surface area contributed by atoms with Crippen molar-refractivity contribution in [2.24, 2.45) is 0 Å². The monoisotopic (exact) mass is 306 g/mol. The Kier molecular flexibility index (Phi) is 5.92. The van der Waals surface area contributed by atoms with Crippen LogP contribution in [0.2, 0.25) is 0 Å². The highest BCUT2D eigenvalue weighted by molar-refractivity contribution is 7.09. The second-order valence-corrected chi connectivity index (χ2v) is 5.69. The molecule has 2 heterocycles. The molecule has 0 aliphatic rings. The minimum absolute atomic E-state index is 0.608. The van der Waals surface area contributed by atoms with E-state index in [1.807, 2.05) is 18.5 Å². The number of aromatic nitrogens is 3. The Bertz CT molecular complexity index is 546. The fourth-order valence-corrected chi connectivity index (χ4v) is 2.73. The molecule has 0 aliphatic carbocycles. The lowest BCUT2D eigenvalue weighted by Crippen LogP contribution is -2.08. The molecule has 6 heteroatoms. The smallest absolute Gasteiger partial charge is 0.218 e. The topological polar surface area (TPSA) is 59.9 Å². The summed E-state index contributed by atoms with van der Waals surface area (Å²) in [6.07, 6.45) is 2.75. The van der Waals surface area contributed by atoms with Crippen LogP contribution >= 0.6 is 11.3 Å². The molecular formula is C15H22N4OS. The van der Waals surface area contributed by atoms with Gasteiger partial charge in [-0.05, 0) is 20.3 Å². The molecule has 0 bridgehead atoms. The zero-order valence-electron chi connectivity index (χ0n) is 12.8. The zero-order chi connectivity index (χ0) is 15.1. The third-order valence-electron chi connectivity index (χ3n) is 3.00.